The normalized spacial score (nSPS) is 11.5. The van der Waals surface area contributed by atoms with Crippen LogP contribution in [-0.2, 0) is 10.2 Å². The van der Waals surface area contributed by atoms with Gasteiger partial charge in [0.15, 0.2) is 0 Å². The molecule has 0 saturated carbocycles. The van der Waals surface area contributed by atoms with E-state index in [9.17, 15) is 4.79 Å². The van der Waals surface area contributed by atoms with E-state index in [1.54, 1.807) is 0 Å². The van der Waals surface area contributed by atoms with Gasteiger partial charge >= 0.3 is 5.97 Å². The lowest BCUT2D eigenvalue weighted by atomic mass is 9.91. The number of benzene rings is 1. The van der Waals surface area contributed by atoms with Crippen molar-refractivity contribution in [2.75, 3.05) is 7.11 Å². The maximum Gasteiger partial charge on any atom is 0.376 e. The van der Waals surface area contributed by atoms with Crippen LogP contribution in [-0.4, -0.2) is 18.1 Å². The third kappa shape index (κ3) is 2.84. The van der Waals surface area contributed by atoms with Crippen LogP contribution in [0, 0.1) is 13.8 Å². The summed E-state index contributed by atoms with van der Waals surface area (Å²) in [7, 11) is 1.34. The Labute approximate surface area is 125 Å². The topological polar surface area (TPSA) is 52.3 Å². The van der Waals surface area contributed by atoms with Gasteiger partial charge in [-0.05, 0) is 31.0 Å². The van der Waals surface area contributed by atoms with Crippen molar-refractivity contribution >= 4 is 5.97 Å². The summed E-state index contributed by atoms with van der Waals surface area (Å²) in [5, 5.41) is 0. The molecule has 0 saturated heterocycles. The predicted molar refractivity (Wildman–Crippen MR) is 81.5 cm³/mol. The standard InChI is InChI=1S/C17H21NO3/c1-10-8-7-9-12(11(10)2)15-18-14(17(3,4)5)13(21-15)16(19)20-6/h7-9H,1-6H3. The molecule has 21 heavy (non-hydrogen) atoms. The molecular formula is C17H21NO3. The van der Waals surface area contributed by atoms with Crippen molar-refractivity contribution in [3.05, 3.63) is 40.8 Å². The highest BCUT2D eigenvalue weighted by Crippen LogP contribution is 2.32. The first-order chi connectivity index (χ1) is 9.75. The molecule has 2 aromatic rings. The predicted octanol–water partition coefficient (Wildman–Crippen LogP) is 4.04. The molecule has 0 bridgehead atoms. The molecule has 0 aliphatic heterocycles. The summed E-state index contributed by atoms with van der Waals surface area (Å²) in [5.41, 5.74) is 3.46. The number of hydrogen-bond donors (Lipinski definition) is 0. The van der Waals surface area contributed by atoms with Crippen molar-refractivity contribution in [2.45, 2.75) is 40.0 Å². The van der Waals surface area contributed by atoms with Crippen LogP contribution in [0.15, 0.2) is 22.6 Å². The van der Waals surface area contributed by atoms with Gasteiger partial charge in [0.05, 0.1) is 7.11 Å². The fourth-order valence-electron chi connectivity index (χ4n) is 2.16. The van der Waals surface area contributed by atoms with Gasteiger partial charge in [0.2, 0.25) is 11.7 Å². The van der Waals surface area contributed by atoms with E-state index in [4.69, 9.17) is 9.15 Å². The minimum Gasteiger partial charge on any atom is -0.463 e. The third-order valence-electron chi connectivity index (χ3n) is 3.54. The smallest absolute Gasteiger partial charge is 0.376 e. The van der Waals surface area contributed by atoms with Crippen LogP contribution in [0.25, 0.3) is 11.5 Å². The van der Waals surface area contributed by atoms with E-state index in [0.29, 0.717) is 11.6 Å². The molecule has 1 aromatic heterocycles. The summed E-state index contributed by atoms with van der Waals surface area (Å²) < 4.78 is 10.5. The summed E-state index contributed by atoms with van der Waals surface area (Å²) in [5.74, 6) is 0.145. The van der Waals surface area contributed by atoms with Crippen LogP contribution in [0.4, 0.5) is 0 Å². The molecule has 0 unspecified atom stereocenters. The van der Waals surface area contributed by atoms with Crippen molar-refractivity contribution in [3.8, 4) is 11.5 Å². The van der Waals surface area contributed by atoms with Crippen LogP contribution in [0.1, 0.15) is 48.1 Å². The number of methoxy groups -OCH3 is 1. The Morgan fingerprint density at radius 1 is 1.24 bits per heavy atom. The minimum atomic E-state index is -0.496. The molecule has 0 amide bonds. The summed E-state index contributed by atoms with van der Waals surface area (Å²) >= 11 is 0. The number of carbonyl (C=O) groups is 1. The van der Waals surface area contributed by atoms with E-state index in [-0.39, 0.29) is 11.2 Å². The molecule has 1 aromatic carbocycles. The Hall–Kier alpha value is -2.10. The second-order valence-electron chi connectivity index (χ2n) is 6.19. The van der Waals surface area contributed by atoms with Gasteiger partial charge in [-0.25, -0.2) is 9.78 Å². The van der Waals surface area contributed by atoms with Gasteiger partial charge in [-0.1, -0.05) is 32.9 Å². The highest BCUT2D eigenvalue weighted by Gasteiger charge is 2.30. The number of aromatic nitrogens is 1. The highest BCUT2D eigenvalue weighted by atomic mass is 16.5. The molecule has 1 heterocycles. The van der Waals surface area contributed by atoms with Gasteiger partial charge in [-0.15, -0.1) is 0 Å². The zero-order valence-electron chi connectivity index (χ0n) is 13.4. The third-order valence-corrected chi connectivity index (χ3v) is 3.54. The molecule has 0 aliphatic carbocycles. The van der Waals surface area contributed by atoms with Crippen molar-refractivity contribution < 1.29 is 13.9 Å². The van der Waals surface area contributed by atoms with Crippen LogP contribution >= 0.6 is 0 Å². The molecule has 112 valence electrons. The zero-order valence-corrected chi connectivity index (χ0v) is 13.4. The average molecular weight is 287 g/mol. The monoisotopic (exact) mass is 287 g/mol. The average Bonchev–Trinajstić information content (AvgIpc) is 2.86. The summed E-state index contributed by atoms with van der Waals surface area (Å²) in [4.78, 5) is 16.5. The largest absolute Gasteiger partial charge is 0.463 e. The lowest BCUT2D eigenvalue weighted by Gasteiger charge is -2.15. The second kappa shape index (κ2) is 5.35. The van der Waals surface area contributed by atoms with Crippen molar-refractivity contribution in [1.29, 1.82) is 0 Å². The molecular weight excluding hydrogens is 266 g/mol. The first kappa shape index (κ1) is 15.3. The Bertz CT molecular complexity index is 678. The molecule has 4 nitrogen and oxygen atoms in total. The van der Waals surface area contributed by atoms with Gasteiger partial charge in [0.1, 0.15) is 5.69 Å². The van der Waals surface area contributed by atoms with Crippen LogP contribution in [0.2, 0.25) is 0 Å². The number of ether oxygens (including phenoxy) is 1. The maximum absolute atomic E-state index is 11.9. The molecule has 0 aliphatic rings. The van der Waals surface area contributed by atoms with Crippen molar-refractivity contribution in [1.82, 2.24) is 4.98 Å². The van der Waals surface area contributed by atoms with Gasteiger partial charge in [0, 0.05) is 11.0 Å². The fraction of sp³-hybridized carbons (Fsp3) is 0.412. The number of aryl methyl sites for hydroxylation is 1. The summed E-state index contributed by atoms with van der Waals surface area (Å²) in [6.45, 7) is 10.0. The summed E-state index contributed by atoms with van der Waals surface area (Å²) in [6, 6.07) is 5.94. The molecule has 0 spiro atoms. The number of hydrogen-bond acceptors (Lipinski definition) is 4. The molecule has 2 rings (SSSR count). The first-order valence-electron chi connectivity index (χ1n) is 6.92. The Balaban J connectivity index is 2.64. The van der Waals surface area contributed by atoms with Crippen LogP contribution in [0.3, 0.4) is 0 Å². The van der Waals surface area contributed by atoms with Gasteiger partial charge < -0.3 is 9.15 Å². The molecule has 0 radical (unpaired) electrons. The lowest BCUT2D eigenvalue weighted by molar-refractivity contribution is 0.0562. The van der Waals surface area contributed by atoms with E-state index < -0.39 is 5.97 Å². The van der Waals surface area contributed by atoms with Gasteiger partial charge in [0.25, 0.3) is 0 Å². The van der Waals surface area contributed by atoms with Crippen molar-refractivity contribution in [3.63, 3.8) is 0 Å². The minimum absolute atomic E-state index is 0.181. The van der Waals surface area contributed by atoms with E-state index in [2.05, 4.69) is 4.98 Å². The zero-order chi connectivity index (χ0) is 15.8. The number of rotatable bonds is 2. The number of esters is 1. The van der Waals surface area contributed by atoms with Gasteiger partial charge in [-0.3, -0.25) is 0 Å². The number of oxazole rings is 1. The Kier molecular flexibility index (Phi) is 3.90. The van der Waals surface area contributed by atoms with E-state index >= 15 is 0 Å². The quantitative estimate of drug-likeness (QED) is 0.782. The van der Waals surface area contributed by atoms with E-state index in [0.717, 1.165) is 16.7 Å². The Morgan fingerprint density at radius 3 is 2.48 bits per heavy atom. The van der Waals surface area contributed by atoms with E-state index in [1.807, 2.05) is 52.8 Å². The second-order valence-corrected chi connectivity index (χ2v) is 6.19. The molecule has 0 fully saturated rings. The molecule has 4 heteroatoms. The van der Waals surface area contributed by atoms with Crippen molar-refractivity contribution in [2.24, 2.45) is 0 Å². The number of carbonyl (C=O) groups excluding carboxylic acids is 1. The van der Waals surface area contributed by atoms with E-state index in [1.165, 1.54) is 7.11 Å². The first-order valence-corrected chi connectivity index (χ1v) is 6.92. The maximum atomic E-state index is 11.9. The number of nitrogens with zero attached hydrogens (tertiary/aromatic N) is 1. The summed E-state index contributed by atoms with van der Waals surface area (Å²) in [6.07, 6.45) is 0. The molecule has 0 atom stereocenters. The van der Waals surface area contributed by atoms with Gasteiger partial charge in [-0.2, -0.15) is 0 Å². The van der Waals surface area contributed by atoms with Crippen LogP contribution < -0.4 is 0 Å². The highest BCUT2D eigenvalue weighted by molar-refractivity contribution is 5.88. The van der Waals surface area contributed by atoms with Crippen LogP contribution in [0.5, 0.6) is 0 Å². The lowest BCUT2D eigenvalue weighted by Crippen LogP contribution is -2.17. The SMILES string of the molecule is COC(=O)c1oc(-c2cccc(C)c2C)nc1C(C)(C)C. The Morgan fingerprint density at radius 2 is 1.90 bits per heavy atom. The fourth-order valence-corrected chi connectivity index (χ4v) is 2.16. The molecule has 0 N–H and O–H groups in total.